The molecule has 0 radical (unpaired) electrons. The lowest BCUT2D eigenvalue weighted by atomic mass is 11.0. The van der Waals surface area contributed by atoms with Crippen LogP contribution in [-0.2, 0) is 10.2 Å². The van der Waals surface area contributed by atoms with Crippen molar-refractivity contribution in [3.05, 3.63) is 10.9 Å². The number of thiazole rings is 1. The molecule has 0 spiro atoms. The van der Waals surface area contributed by atoms with Crippen molar-refractivity contribution < 1.29 is 12.3 Å². The molecule has 1 rings (SSSR count). The normalized spacial score (nSPS) is 11.7. The smallest absolute Gasteiger partial charge is 0.231 e. The third kappa shape index (κ3) is 1.46. The summed E-state index contributed by atoms with van der Waals surface area (Å²) >= 11 is 1.04. The van der Waals surface area contributed by atoms with Gasteiger partial charge in [0.2, 0.25) is 0 Å². The molecule has 0 unspecified atom stereocenters. The number of rotatable bonds is 1. The molecule has 0 bridgehead atoms. The molecule has 0 fully saturated rings. The topological polar surface area (TPSA) is 47.0 Å². The highest BCUT2D eigenvalue weighted by molar-refractivity contribution is 7.86. The fourth-order valence-electron chi connectivity index (χ4n) is 0.322. The summed E-state index contributed by atoms with van der Waals surface area (Å²) in [5.41, 5.74) is 1.26. The fourth-order valence-corrected chi connectivity index (χ4v) is 1.61. The maximum absolute atomic E-state index is 11.9. The van der Waals surface area contributed by atoms with Crippen molar-refractivity contribution in [1.82, 2.24) is 4.98 Å². The lowest BCUT2D eigenvalue weighted by Crippen LogP contribution is -1.89. The Bertz CT molecular complexity index is 277. The maximum Gasteiger partial charge on any atom is 0.350 e. The van der Waals surface area contributed by atoms with Gasteiger partial charge in [-0.1, -0.05) is 3.89 Å². The number of aromatic nitrogens is 1. The van der Waals surface area contributed by atoms with Gasteiger partial charge in [0.15, 0.2) is 5.03 Å². The SMILES string of the molecule is O=S(=O)(F)c1cscn1. The van der Waals surface area contributed by atoms with Crippen LogP contribution in [0.4, 0.5) is 3.89 Å². The first-order chi connectivity index (χ1) is 4.11. The van der Waals surface area contributed by atoms with Crippen LogP contribution >= 0.6 is 11.3 Å². The van der Waals surface area contributed by atoms with Crippen LogP contribution in [-0.4, -0.2) is 13.4 Å². The van der Waals surface area contributed by atoms with Gasteiger partial charge in [-0.25, -0.2) is 4.98 Å². The molecular formula is C3H2FNO2S2. The highest BCUT2D eigenvalue weighted by Gasteiger charge is 2.12. The van der Waals surface area contributed by atoms with Crippen LogP contribution in [0.3, 0.4) is 0 Å². The molecule has 0 aromatic carbocycles. The summed E-state index contributed by atoms with van der Waals surface area (Å²) in [4.78, 5) is 3.24. The molecule has 1 aromatic rings. The van der Waals surface area contributed by atoms with Gasteiger partial charge in [-0.3, -0.25) is 0 Å². The Hall–Kier alpha value is -0.490. The molecule has 0 saturated carbocycles. The Labute approximate surface area is 55.4 Å². The molecule has 0 amide bonds. The average Bonchev–Trinajstić information content (AvgIpc) is 2.08. The third-order valence-electron chi connectivity index (χ3n) is 0.659. The van der Waals surface area contributed by atoms with Crippen LogP contribution in [0.1, 0.15) is 0 Å². The molecule has 0 aliphatic carbocycles. The monoisotopic (exact) mass is 167 g/mol. The molecule has 0 aliphatic heterocycles. The Morgan fingerprint density at radius 1 is 1.67 bits per heavy atom. The van der Waals surface area contributed by atoms with Crippen molar-refractivity contribution in [3.8, 4) is 0 Å². The fraction of sp³-hybridized carbons (Fsp3) is 0. The first kappa shape index (κ1) is 6.63. The van der Waals surface area contributed by atoms with Gasteiger partial charge >= 0.3 is 10.2 Å². The van der Waals surface area contributed by atoms with E-state index in [9.17, 15) is 12.3 Å². The summed E-state index contributed by atoms with van der Waals surface area (Å²) in [6.45, 7) is 0. The summed E-state index contributed by atoms with van der Waals surface area (Å²) in [6, 6.07) is 0. The Balaban J connectivity index is 3.20. The van der Waals surface area contributed by atoms with Crippen LogP contribution in [0.2, 0.25) is 0 Å². The lowest BCUT2D eigenvalue weighted by molar-refractivity contribution is 0.548. The summed E-state index contributed by atoms with van der Waals surface area (Å²) in [6.07, 6.45) is 0. The predicted molar refractivity (Wildman–Crippen MR) is 30.4 cm³/mol. The molecule has 50 valence electrons. The van der Waals surface area contributed by atoms with Crippen LogP contribution in [0.5, 0.6) is 0 Å². The molecular weight excluding hydrogens is 165 g/mol. The zero-order chi connectivity index (χ0) is 6.91. The highest BCUT2D eigenvalue weighted by Crippen LogP contribution is 2.10. The third-order valence-corrected chi connectivity index (χ3v) is 2.12. The maximum atomic E-state index is 11.9. The van der Waals surface area contributed by atoms with E-state index in [0.717, 1.165) is 16.7 Å². The molecule has 0 aliphatic rings. The van der Waals surface area contributed by atoms with Crippen LogP contribution < -0.4 is 0 Å². The van der Waals surface area contributed by atoms with Gasteiger partial charge in [0.25, 0.3) is 0 Å². The van der Waals surface area contributed by atoms with Crippen molar-refractivity contribution in [2.45, 2.75) is 5.03 Å². The molecule has 9 heavy (non-hydrogen) atoms. The highest BCUT2D eigenvalue weighted by atomic mass is 32.3. The molecule has 0 saturated heterocycles. The minimum absolute atomic E-state index is 0.507. The summed E-state index contributed by atoms with van der Waals surface area (Å²) in [5.74, 6) is 0. The number of halogens is 1. The van der Waals surface area contributed by atoms with Crippen LogP contribution in [0, 0.1) is 0 Å². The van der Waals surface area contributed by atoms with Gasteiger partial charge in [0.05, 0.1) is 5.51 Å². The minimum Gasteiger partial charge on any atom is -0.231 e. The van der Waals surface area contributed by atoms with E-state index in [1.54, 1.807) is 0 Å². The van der Waals surface area contributed by atoms with Gasteiger partial charge < -0.3 is 0 Å². The summed E-state index contributed by atoms with van der Waals surface area (Å²) in [7, 11) is -4.56. The van der Waals surface area contributed by atoms with E-state index in [1.165, 1.54) is 5.51 Å². The van der Waals surface area contributed by atoms with Gasteiger partial charge in [-0.05, 0) is 0 Å². The molecule has 0 N–H and O–H groups in total. The van der Waals surface area contributed by atoms with Gasteiger partial charge in [-0.2, -0.15) is 8.42 Å². The predicted octanol–water partition coefficient (Wildman–Crippen LogP) is 0.801. The zero-order valence-electron chi connectivity index (χ0n) is 4.11. The van der Waals surface area contributed by atoms with Crippen molar-refractivity contribution in [2.75, 3.05) is 0 Å². The molecule has 1 heterocycles. The first-order valence-corrected chi connectivity index (χ1v) is 4.26. The lowest BCUT2D eigenvalue weighted by Gasteiger charge is -1.80. The van der Waals surface area contributed by atoms with E-state index in [0.29, 0.717) is 0 Å². The Kier molecular flexibility index (Phi) is 1.50. The van der Waals surface area contributed by atoms with Gasteiger partial charge in [-0.15, -0.1) is 11.3 Å². The molecule has 0 atom stereocenters. The van der Waals surface area contributed by atoms with Crippen LogP contribution in [0.25, 0.3) is 0 Å². The van der Waals surface area contributed by atoms with E-state index in [2.05, 4.69) is 4.98 Å². The molecule has 3 nitrogen and oxygen atoms in total. The minimum atomic E-state index is -4.56. The van der Waals surface area contributed by atoms with Gasteiger partial charge in [0, 0.05) is 5.38 Å². The standard InChI is InChI=1S/C3H2FNO2S2/c4-9(6,7)3-1-8-2-5-3/h1-2H. The Morgan fingerprint density at radius 2 is 2.33 bits per heavy atom. The second-order valence-electron chi connectivity index (χ2n) is 1.26. The van der Waals surface area contributed by atoms with E-state index < -0.39 is 15.2 Å². The first-order valence-electron chi connectivity index (χ1n) is 1.93. The van der Waals surface area contributed by atoms with E-state index in [1.807, 2.05) is 0 Å². The number of hydrogen-bond donors (Lipinski definition) is 0. The van der Waals surface area contributed by atoms with E-state index in [-0.39, 0.29) is 0 Å². The average molecular weight is 167 g/mol. The van der Waals surface area contributed by atoms with Crippen LogP contribution in [0.15, 0.2) is 15.9 Å². The van der Waals surface area contributed by atoms with Gasteiger partial charge in [0.1, 0.15) is 0 Å². The summed E-state index contributed by atoms with van der Waals surface area (Å²) in [5, 5.41) is 0.627. The van der Waals surface area contributed by atoms with Crippen molar-refractivity contribution >= 4 is 21.6 Å². The largest absolute Gasteiger partial charge is 0.350 e. The van der Waals surface area contributed by atoms with E-state index >= 15 is 0 Å². The summed E-state index contributed by atoms with van der Waals surface area (Å²) < 4.78 is 31.8. The number of hydrogen-bond acceptors (Lipinski definition) is 4. The van der Waals surface area contributed by atoms with E-state index in [4.69, 9.17) is 0 Å². The number of nitrogens with zero attached hydrogens (tertiary/aromatic N) is 1. The van der Waals surface area contributed by atoms with Crippen molar-refractivity contribution in [3.63, 3.8) is 0 Å². The van der Waals surface area contributed by atoms with Crippen molar-refractivity contribution in [1.29, 1.82) is 0 Å². The second-order valence-corrected chi connectivity index (χ2v) is 3.28. The second kappa shape index (κ2) is 2.03. The zero-order valence-corrected chi connectivity index (χ0v) is 5.75. The molecule has 6 heteroatoms. The Morgan fingerprint density at radius 3 is 2.56 bits per heavy atom. The quantitative estimate of drug-likeness (QED) is 0.581. The molecule has 1 aromatic heterocycles. The van der Waals surface area contributed by atoms with Crippen molar-refractivity contribution in [2.24, 2.45) is 0 Å².